The Balaban J connectivity index is 2.32. The first-order valence-electron chi connectivity index (χ1n) is 7.11. The molecular weight excluding hydrogens is 238 g/mol. The molecule has 0 aromatic rings. The van der Waals surface area contributed by atoms with Crippen molar-refractivity contribution in [2.24, 2.45) is 22.7 Å². The molecule has 2 saturated carbocycles. The average molecular weight is 263 g/mol. The van der Waals surface area contributed by atoms with Crippen LogP contribution in [0.2, 0.25) is 0 Å². The highest BCUT2D eigenvalue weighted by Gasteiger charge is 2.74. The van der Waals surface area contributed by atoms with Gasteiger partial charge >= 0.3 is 0 Å². The summed E-state index contributed by atoms with van der Waals surface area (Å²) in [5, 5.41) is 3.07. The minimum absolute atomic E-state index is 0.0268. The van der Waals surface area contributed by atoms with Gasteiger partial charge in [-0.05, 0) is 58.8 Å². The second kappa shape index (κ2) is 4.19. The number of carbonyl (C=O) groups is 2. The van der Waals surface area contributed by atoms with Crippen LogP contribution in [-0.4, -0.2) is 17.7 Å². The maximum absolute atomic E-state index is 12.8. The molecule has 2 unspecified atom stereocenters. The van der Waals surface area contributed by atoms with Crippen LogP contribution in [-0.2, 0) is 9.59 Å². The van der Waals surface area contributed by atoms with Crippen molar-refractivity contribution in [3.63, 3.8) is 0 Å². The number of allylic oxidation sites excluding steroid dienone is 1. The average Bonchev–Trinajstić information content (AvgIpc) is 2.94. The van der Waals surface area contributed by atoms with Crippen LogP contribution in [0.4, 0.5) is 0 Å². The largest absolute Gasteiger partial charge is 0.351 e. The minimum Gasteiger partial charge on any atom is -0.351 e. The van der Waals surface area contributed by atoms with E-state index in [1.165, 1.54) is 0 Å². The van der Waals surface area contributed by atoms with E-state index in [4.69, 9.17) is 0 Å². The van der Waals surface area contributed by atoms with E-state index in [0.717, 1.165) is 25.5 Å². The van der Waals surface area contributed by atoms with Crippen molar-refractivity contribution in [1.82, 2.24) is 5.32 Å². The molecule has 4 atom stereocenters. The molecule has 0 heterocycles. The fraction of sp³-hybridized carbons (Fsp3) is 0.750. The fourth-order valence-corrected chi connectivity index (χ4v) is 3.90. The summed E-state index contributed by atoms with van der Waals surface area (Å²) in [7, 11) is 0. The first kappa shape index (κ1) is 14.3. The van der Waals surface area contributed by atoms with Gasteiger partial charge in [-0.2, -0.15) is 0 Å². The zero-order chi connectivity index (χ0) is 14.5. The van der Waals surface area contributed by atoms with Crippen LogP contribution in [0.3, 0.4) is 0 Å². The van der Waals surface area contributed by atoms with Gasteiger partial charge < -0.3 is 10.1 Å². The smallest absolute Gasteiger partial charge is 0.227 e. The number of nitrogens with one attached hydrogen (secondary N) is 1. The quantitative estimate of drug-likeness (QED) is 0.626. The van der Waals surface area contributed by atoms with Gasteiger partial charge in [-0.1, -0.05) is 6.08 Å². The summed E-state index contributed by atoms with van der Waals surface area (Å²) in [6.45, 7) is 11.7. The molecule has 3 nitrogen and oxygen atoms in total. The van der Waals surface area contributed by atoms with Crippen molar-refractivity contribution in [1.29, 1.82) is 0 Å². The summed E-state index contributed by atoms with van der Waals surface area (Å²) in [5.74, 6) is 0.654. The van der Waals surface area contributed by atoms with Crippen LogP contribution in [0.1, 0.15) is 47.0 Å². The summed E-state index contributed by atoms with van der Waals surface area (Å²) in [6, 6.07) is 0. The summed E-state index contributed by atoms with van der Waals surface area (Å²) in [5.41, 5.74) is -1.27. The lowest BCUT2D eigenvalue weighted by molar-refractivity contribution is -0.141. The van der Waals surface area contributed by atoms with E-state index >= 15 is 0 Å². The van der Waals surface area contributed by atoms with Crippen LogP contribution in [0.25, 0.3) is 0 Å². The molecule has 0 radical (unpaired) electrons. The van der Waals surface area contributed by atoms with Crippen molar-refractivity contribution in [3.05, 3.63) is 12.7 Å². The third kappa shape index (κ3) is 1.94. The number of fused-ring (bicyclic) bond motifs is 1. The Labute approximate surface area is 115 Å². The first-order valence-corrected chi connectivity index (χ1v) is 7.11. The highest BCUT2D eigenvalue weighted by molar-refractivity contribution is 5.90. The van der Waals surface area contributed by atoms with Gasteiger partial charge in [-0.3, -0.25) is 4.79 Å². The highest BCUT2D eigenvalue weighted by atomic mass is 16.2. The van der Waals surface area contributed by atoms with Gasteiger partial charge in [-0.15, -0.1) is 6.58 Å². The van der Waals surface area contributed by atoms with Crippen LogP contribution in [0, 0.1) is 22.7 Å². The lowest BCUT2D eigenvalue weighted by Gasteiger charge is -2.38. The monoisotopic (exact) mass is 263 g/mol. The topological polar surface area (TPSA) is 46.2 Å². The maximum atomic E-state index is 12.8. The summed E-state index contributed by atoms with van der Waals surface area (Å²) in [6.07, 6.45) is 5.57. The molecule has 2 aliphatic carbocycles. The van der Waals surface area contributed by atoms with Crippen LogP contribution in [0.15, 0.2) is 12.7 Å². The van der Waals surface area contributed by atoms with E-state index in [1.807, 2.05) is 33.8 Å². The van der Waals surface area contributed by atoms with Gasteiger partial charge in [0.05, 0.1) is 5.41 Å². The van der Waals surface area contributed by atoms with E-state index in [-0.39, 0.29) is 17.4 Å². The molecule has 3 heteroatoms. The van der Waals surface area contributed by atoms with E-state index in [2.05, 4.69) is 11.9 Å². The van der Waals surface area contributed by atoms with E-state index in [1.54, 1.807) is 0 Å². The van der Waals surface area contributed by atoms with Crippen molar-refractivity contribution >= 4 is 12.2 Å². The van der Waals surface area contributed by atoms with Gasteiger partial charge in [0, 0.05) is 11.0 Å². The van der Waals surface area contributed by atoms with E-state index < -0.39 is 10.8 Å². The molecule has 0 aromatic carbocycles. The SMILES string of the molecule is C=CCC1C[C@@H]2C[C@]2(C=O)C1(C)C(=O)NC(C)(C)C. The summed E-state index contributed by atoms with van der Waals surface area (Å²) in [4.78, 5) is 24.4. The lowest BCUT2D eigenvalue weighted by Crippen LogP contribution is -2.53. The highest BCUT2D eigenvalue weighted by Crippen LogP contribution is 2.73. The van der Waals surface area contributed by atoms with Crippen molar-refractivity contribution in [3.8, 4) is 0 Å². The Morgan fingerprint density at radius 1 is 1.47 bits per heavy atom. The number of amides is 1. The number of hydrogen-bond donors (Lipinski definition) is 1. The van der Waals surface area contributed by atoms with E-state index in [0.29, 0.717) is 5.92 Å². The molecule has 2 fully saturated rings. The fourth-order valence-electron chi connectivity index (χ4n) is 3.90. The summed E-state index contributed by atoms with van der Waals surface area (Å²) >= 11 is 0. The lowest BCUT2D eigenvalue weighted by atomic mass is 9.67. The minimum atomic E-state index is -0.582. The Morgan fingerprint density at radius 2 is 2.11 bits per heavy atom. The molecule has 19 heavy (non-hydrogen) atoms. The van der Waals surface area contributed by atoms with Crippen LogP contribution in [0.5, 0.6) is 0 Å². The van der Waals surface area contributed by atoms with Gasteiger partial charge in [-0.25, -0.2) is 0 Å². The molecule has 2 aliphatic rings. The normalized spacial score (nSPS) is 40.4. The van der Waals surface area contributed by atoms with Crippen LogP contribution < -0.4 is 5.32 Å². The number of carbonyl (C=O) groups excluding carboxylic acids is 2. The maximum Gasteiger partial charge on any atom is 0.227 e. The molecule has 1 amide bonds. The van der Waals surface area contributed by atoms with Crippen molar-refractivity contribution in [2.45, 2.75) is 52.5 Å². The Hall–Kier alpha value is -1.12. The Kier molecular flexibility index (Phi) is 3.15. The predicted molar refractivity (Wildman–Crippen MR) is 75.5 cm³/mol. The second-order valence-corrected chi connectivity index (χ2v) is 7.42. The van der Waals surface area contributed by atoms with Crippen molar-refractivity contribution < 1.29 is 9.59 Å². The van der Waals surface area contributed by atoms with Crippen molar-refractivity contribution in [2.75, 3.05) is 0 Å². The third-order valence-electron chi connectivity index (χ3n) is 5.13. The van der Waals surface area contributed by atoms with Gasteiger partial charge in [0.15, 0.2) is 0 Å². The molecular formula is C16H25NO2. The molecule has 0 saturated heterocycles. The third-order valence-corrected chi connectivity index (χ3v) is 5.13. The van der Waals surface area contributed by atoms with Gasteiger partial charge in [0.2, 0.25) is 5.91 Å². The zero-order valence-electron chi connectivity index (χ0n) is 12.5. The zero-order valence-corrected chi connectivity index (χ0v) is 12.5. The van der Waals surface area contributed by atoms with E-state index in [9.17, 15) is 9.59 Å². The molecule has 0 aromatic heterocycles. The predicted octanol–water partition coefficient (Wildman–Crippen LogP) is 2.71. The molecule has 106 valence electrons. The number of aldehydes is 1. The van der Waals surface area contributed by atoms with Crippen LogP contribution >= 0.6 is 0 Å². The summed E-state index contributed by atoms with van der Waals surface area (Å²) < 4.78 is 0. The Morgan fingerprint density at radius 3 is 2.58 bits per heavy atom. The molecule has 1 N–H and O–H groups in total. The molecule has 0 aliphatic heterocycles. The standard InChI is InChI=1S/C16H25NO2/c1-6-7-11-8-12-9-16(12,10-18)15(11,5)13(19)17-14(2,3)4/h6,10-12H,1,7-9H2,2-5H3,(H,17,19)/t11?,12-,15?,16-/m1/s1. The first-order chi connectivity index (χ1) is 8.71. The van der Waals surface area contributed by atoms with Gasteiger partial charge in [0.1, 0.15) is 6.29 Å². The number of hydrogen-bond acceptors (Lipinski definition) is 2. The van der Waals surface area contributed by atoms with Gasteiger partial charge in [0.25, 0.3) is 0 Å². The molecule has 0 spiro atoms. The molecule has 2 rings (SSSR count). The molecule has 0 bridgehead atoms. The second-order valence-electron chi connectivity index (χ2n) is 7.42. The Bertz CT molecular complexity index is 423. The number of rotatable bonds is 4.